The van der Waals surface area contributed by atoms with Crippen molar-refractivity contribution in [2.45, 2.75) is 19.3 Å². The van der Waals surface area contributed by atoms with Crippen LogP contribution < -0.4 is 10.1 Å². The summed E-state index contributed by atoms with van der Waals surface area (Å²) in [6, 6.07) is 16.0. The topological polar surface area (TPSA) is 41.5 Å². The van der Waals surface area contributed by atoms with E-state index in [0.29, 0.717) is 13.2 Å². The SMILES string of the molecule is Cl.OC1CNCc2c(OCc3ccccc3)cccc21. The predicted molar refractivity (Wildman–Crippen MR) is 81.1 cm³/mol. The molecule has 0 radical (unpaired) electrons. The van der Waals surface area contributed by atoms with Gasteiger partial charge in [-0.1, -0.05) is 42.5 Å². The maximum absolute atomic E-state index is 9.95. The number of β-amino-alcohol motifs (C(OH)–C–C–N with tert-alkyl or cyclic N) is 1. The molecule has 1 aliphatic rings. The first-order valence-electron chi connectivity index (χ1n) is 6.52. The van der Waals surface area contributed by atoms with Crippen LogP contribution >= 0.6 is 12.4 Å². The number of hydrogen-bond donors (Lipinski definition) is 2. The van der Waals surface area contributed by atoms with E-state index in [2.05, 4.69) is 5.32 Å². The Morgan fingerprint density at radius 1 is 1.10 bits per heavy atom. The molecule has 3 nitrogen and oxygen atoms in total. The van der Waals surface area contributed by atoms with Crippen LogP contribution in [0, 0.1) is 0 Å². The third-order valence-electron chi connectivity index (χ3n) is 3.40. The molecule has 3 rings (SSSR count). The van der Waals surface area contributed by atoms with E-state index in [4.69, 9.17) is 4.74 Å². The van der Waals surface area contributed by atoms with Gasteiger partial charge in [0, 0.05) is 18.7 Å². The molecule has 2 N–H and O–H groups in total. The third-order valence-corrected chi connectivity index (χ3v) is 3.40. The number of ether oxygens (including phenoxy) is 1. The van der Waals surface area contributed by atoms with Gasteiger partial charge in [-0.2, -0.15) is 0 Å². The Morgan fingerprint density at radius 3 is 2.70 bits per heavy atom. The third kappa shape index (κ3) is 3.12. The van der Waals surface area contributed by atoms with E-state index in [-0.39, 0.29) is 12.4 Å². The van der Waals surface area contributed by atoms with Crippen molar-refractivity contribution in [3.8, 4) is 5.75 Å². The van der Waals surface area contributed by atoms with E-state index >= 15 is 0 Å². The van der Waals surface area contributed by atoms with Crippen LogP contribution in [0.15, 0.2) is 48.5 Å². The maximum Gasteiger partial charge on any atom is 0.124 e. The fourth-order valence-corrected chi connectivity index (χ4v) is 2.40. The molecular formula is C16H18ClNO2. The number of aliphatic hydroxyl groups excluding tert-OH is 1. The number of hydrogen-bond acceptors (Lipinski definition) is 3. The quantitative estimate of drug-likeness (QED) is 0.914. The fraction of sp³-hybridized carbons (Fsp3) is 0.250. The summed E-state index contributed by atoms with van der Waals surface area (Å²) < 4.78 is 5.89. The van der Waals surface area contributed by atoms with Crippen molar-refractivity contribution in [2.75, 3.05) is 6.54 Å². The minimum Gasteiger partial charge on any atom is -0.489 e. The summed E-state index contributed by atoms with van der Waals surface area (Å²) in [5, 5.41) is 13.2. The van der Waals surface area contributed by atoms with E-state index in [1.165, 1.54) is 0 Å². The van der Waals surface area contributed by atoms with Gasteiger partial charge in [0.15, 0.2) is 0 Å². The fourth-order valence-electron chi connectivity index (χ4n) is 2.40. The molecule has 0 saturated heterocycles. The second-order valence-electron chi connectivity index (χ2n) is 4.74. The Balaban J connectivity index is 0.00000147. The zero-order chi connectivity index (χ0) is 13.1. The summed E-state index contributed by atoms with van der Waals surface area (Å²) in [6.07, 6.45) is -0.441. The van der Waals surface area contributed by atoms with Crippen molar-refractivity contribution in [2.24, 2.45) is 0 Å². The molecule has 0 aliphatic carbocycles. The average Bonchev–Trinajstić information content (AvgIpc) is 2.47. The lowest BCUT2D eigenvalue weighted by Gasteiger charge is -2.24. The van der Waals surface area contributed by atoms with Crippen LogP contribution in [0.5, 0.6) is 5.75 Å². The smallest absolute Gasteiger partial charge is 0.124 e. The zero-order valence-corrected chi connectivity index (χ0v) is 11.9. The highest BCUT2D eigenvalue weighted by Crippen LogP contribution is 2.30. The minimum atomic E-state index is -0.441. The first-order chi connectivity index (χ1) is 9.34. The molecule has 1 atom stereocenters. The molecule has 2 aromatic rings. The van der Waals surface area contributed by atoms with E-state index in [1.807, 2.05) is 48.5 Å². The summed E-state index contributed by atoms with van der Waals surface area (Å²) in [6.45, 7) is 1.90. The summed E-state index contributed by atoms with van der Waals surface area (Å²) in [7, 11) is 0. The number of benzene rings is 2. The molecule has 4 heteroatoms. The summed E-state index contributed by atoms with van der Waals surface area (Å²) in [5.74, 6) is 0.854. The van der Waals surface area contributed by atoms with Crippen LogP contribution in [-0.2, 0) is 13.2 Å². The van der Waals surface area contributed by atoms with Gasteiger partial charge >= 0.3 is 0 Å². The van der Waals surface area contributed by atoms with E-state index in [1.54, 1.807) is 0 Å². The minimum absolute atomic E-state index is 0. The summed E-state index contributed by atoms with van der Waals surface area (Å²) in [4.78, 5) is 0. The second kappa shape index (κ2) is 6.75. The molecule has 0 bridgehead atoms. The average molecular weight is 292 g/mol. The number of nitrogens with one attached hydrogen (secondary N) is 1. The number of rotatable bonds is 3. The molecule has 1 heterocycles. The van der Waals surface area contributed by atoms with Crippen LogP contribution in [0.25, 0.3) is 0 Å². The highest BCUT2D eigenvalue weighted by Gasteiger charge is 2.20. The van der Waals surface area contributed by atoms with E-state index in [9.17, 15) is 5.11 Å². The van der Waals surface area contributed by atoms with Crippen LogP contribution in [0.4, 0.5) is 0 Å². The van der Waals surface area contributed by atoms with Gasteiger partial charge in [0.2, 0.25) is 0 Å². The normalized spacial score (nSPS) is 16.9. The molecular weight excluding hydrogens is 274 g/mol. The molecule has 20 heavy (non-hydrogen) atoms. The van der Waals surface area contributed by atoms with Crippen molar-refractivity contribution in [1.82, 2.24) is 5.32 Å². The van der Waals surface area contributed by atoms with Crippen LogP contribution in [0.3, 0.4) is 0 Å². The standard InChI is InChI=1S/C16H17NO2.ClH/c18-15-10-17-9-14-13(15)7-4-8-16(14)19-11-12-5-2-1-3-6-12;/h1-8,15,17-18H,9-11H2;1H. The van der Waals surface area contributed by atoms with Crippen molar-refractivity contribution in [3.63, 3.8) is 0 Å². The largest absolute Gasteiger partial charge is 0.489 e. The zero-order valence-electron chi connectivity index (χ0n) is 11.1. The molecule has 0 amide bonds. The monoisotopic (exact) mass is 291 g/mol. The van der Waals surface area contributed by atoms with E-state index in [0.717, 1.165) is 29.0 Å². The first-order valence-corrected chi connectivity index (χ1v) is 6.52. The molecule has 0 fully saturated rings. The Kier molecular flexibility index (Phi) is 5.01. The number of aliphatic hydroxyl groups is 1. The van der Waals surface area contributed by atoms with Crippen LogP contribution in [0.1, 0.15) is 22.8 Å². The van der Waals surface area contributed by atoms with Gasteiger partial charge in [0.25, 0.3) is 0 Å². The molecule has 1 unspecified atom stereocenters. The lowest BCUT2D eigenvalue weighted by molar-refractivity contribution is 0.163. The van der Waals surface area contributed by atoms with Crippen molar-refractivity contribution >= 4 is 12.4 Å². The lowest BCUT2D eigenvalue weighted by atomic mass is 9.98. The van der Waals surface area contributed by atoms with Gasteiger partial charge < -0.3 is 15.2 Å². The second-order valence-corrected chi connectivity index (χ2v) is 4.74. The van der Waals surface area contributed by atoms with E-state index < -0.39 is 6.10 Å². The summed E-state index contributed by atoms with van der Waals surface area (Å²) in [5.41, 5.74) is 3.19. The van der Waals surface area contributed by atoms with Gasteiger partial charge in [-0.05, 0) is 17.2 Å². The van der Waals surface area contributed by atoms with Gasteiger partial charge in [-0.25, -0.2) is 0 Å². The van der Waals surface area contributed by atoms with Crippen LogP contribution in [0.2, 0.25) is 0 Å². The van der Waals surface area contributed by atoms with Gasteiger partial charge in [0.05, 0.1) is 6.10 Å². The van der Waals surface area contributed by atoms with Crippen molar-refractivity contribution in [1.29, 1.82) is 0 Å². The molecule has 0 spiro atoms. The predicted octanol–water partition coefficient (Wildman–Crippen LogP) is 2.82. The van der Waals surface area contributed by atoms with Crippen molar-refractivity contribution < 1.29 is 9.84 Å². The summed E-state index contributed by atoms with van der Waals surface area (Å²) >= 11 is 0. The molecule has 106 valence electrons. The van der Waals surface area contributed by atoms with Gasteiger partial charge in [-0.3, -0.25) is 0 Å². The van der Waals surface area contributed by atoms with Gasteiger partial charge in [-0.15, -0.1) is 12.4 Å². The van der Waals surface area contributed by atoms with Crippen molar-refractivity contribution in [3.05, 3.63) is 65.2 Å². The maximum atomic E-state index is 9.95. The molecule has 0 saturated carbocycles. The Hall–Kier alpha value is -1.55. The molecule has 2 aromatic carbocycles. The van der Waals surface area contributed by atoms with Crippen LogP contribution in [-0.4, -0.2) is 11.7 Å². The molecule has 1 aliphatic heterocycles. The first kappa shape index (κ1) is 14.9. The highest BCUT2D eigenvalue weighted by atomic mass is 35.5. The Bertz CT molecular complexity index is 560. The highest BCUT2D eigenvalue weighted by molar-refractivity contribution is 5.85. The Labute approximate surface area is 125 Å². The Morgan fingerprint density at radius 2 is 1.90 bits per heavy atom. The number of fused-ring (bicyclic) bond motifs is 1. The molecule has 0 aromatic heterocycles. The lowest BCUT2D eigenvalue weighted by Crippen LogP contribution is -2.28. The van der Waals surface area contributed by atoms with Gasteiger partial charge in [0.1, 0.15) is 12.4 Å². The number of halogens is 1.